The quantitative estimate of drug-likeness (QED) is 0.935. The van der Waals surface area contributed by atoms with Gasteiger partial charge in [0, 0.05) is 30.1 Å². The molecule has 0 aromatic carbocycles. The first-order valence-electron chi connectivity index (χ1n) is 8.45. The van der Waals surface area contributed by atoms with Gasteiger partial charge in [-0.2, -0.15) is 0 Å². The van der Waals surface area contributed by atoms with Crippen molar-refractivity contribution in [3.05, 3.63) is 46.0 Å². The van der Waals surface area contributed by atoms with Crippen molar-refractivity contribution >= 4 is 17.2 Å². The molecule has 1 unspecified atom stereocenters. The largest absolute Gasteiger partial charge is 0.472 e. The molecule has 4 rings (SSSR count). The second kappa shape index (κ2) is 6.49. The van der Waals surface area contributed by atoms with Crippen LogP contribution >= 0.6 is 11.3 Å². The average molecular weight is 330 g/mol. The van der Waals surface area contributed by atoms with Gasteiger partial charge in [0.1, 0.15) is 6.26 Å². The first-order valence-corrected chi connectivity index (χ1v) is 9.33. The fourth-order valence-corrected chi connectivity index (χ4v) is 4.75. The second-order valence-electron chi connectivity index (χ2n) is 6.49. The third kappa shape index (κ3) is 3.08. The Labute approximate surface area is 140 Å². The summed E-state index contributed by atoms with van der Waals surface area (Å²) in [5.74, 6) is 0.0926. The zero-order valence-corrected chi connectivity index (χ0v) is 14.0. The van der Waals surface area contributed by atoms with E-state index in [4.69, 9.17) is 4.42 Å². The number of thiophene rings is 1. The van der Waals surface area contributed by atoms with E-state index in [0.717, 1.165) is 25.9 Å². The molecule has 1 saturated heterocycles. The van der Waals surface area contributed by atoms with Crippen LogP contribution in [0.4, 0.5) is 0 Å². The minimum absolute atomic E-state index is 0.0926. The highest BCUT2D eigenvalue weighted by Crippen LogP contribution is 2.34. The molecule has 0 saturated carbocycles. The Morgan fingerprint density at radius 2 is 2.13 bits per heavy atom. The van der Waals surface area contributed by atoms with Gasteiger partial charge in [0.2, 0.25) is 0 Å². The summed E-state index contributed by atoms with van der Waals surface area (Å²) in [6.45, 7) is 1.65. The number of aryl methyl sites for hydroxylation is 1. The number of furan rings is 1. The van der Waals surface area contributed by atoms with Gasteiger partial charge < -0.3 is 14.6 Å². The number of fused-ring (bicyclic) bond motifs is 1. The van der Waals surface area contributed by atoms with E-state index in [9.17, 15) is 4.79 Å². The lowest BCUT2D eigenvalue weighted by molar-refractivity contribution is 0.0700. The van der Waals surface area contributed by atoms with Crippen LogP contribution in [0.2, 0.25) is 0 Å². The van der Waals surface area contributed by atoms with Crippen LogP contribution in [0.3, 0.4) is 0 Å². The molecular weight excluding hydrogens is 308 g/mol. The van der Waals surface area contributed by atoms with Crippen molar-refractivity contribution in [3.8, 4) is 0 Å². The molecule has 5 heteroatoms. The summed E-state index contributed by atoms with van der Waals surface area (Å²) in [6.07, 6.45) is 8.90. The molecule has 4 nitrogen and oxygen atoms in total. The number of likely N-dealkylation sites (tertiary alicyclic amines) is 1. The summed E-state index contributed by atoms with van der Waals surface area (Å²) in [5, 5.41) is 6.06. The Bertz CT molecular complexity index is 656. The maximum atomic E-state index is 12.3. The fraction of sp³-hybridized carbons (Fsp3) is 0.500. The number of nitrogens with one attached hydrogen (secondary N) is 1. The van der Waals surface area contributed by atoms with Crippen LogP contribution in [0, 0.1) is 0 Å². The number of carbonyl (C=O) groups is 1. The lowest BCUT2D eigenvalue weighted by Crippen LogP contribution is -2.46. The maximum absolute atomic E-state index is 12.3. The van der Waals surface area contributed by atoms with Crippen LogP contribution in [0.25, 0.3) is 0 Å². The highest BCUT2D eigenvalue weighted by atomic mass is 32.1. The van der Waals surface area contributed by atoms with Crippen LogP contribution in [-0.2, 0) is 6.42 Å². The lowest BCUT2D eigenvalue weighted by Gasteiger charge is -2.35. The van der Waals surface area contributed by atoms with Gasteiger partial charge >= 0.3 is 0 Å². The number of piperidine rings is 1. The zero-order valence-electron chi connectivity index (χ0n) is 13.2. The molecule has 23 heavy (non-hydrogen) atoms. The number of nitrogens with zero attached hydrogens (tertiary/aromatic N) is 1. The normalized spacial score (nSPS) is 22.1. The molecular formula is C18H22N2O2S. The van der Waals surface area contributed by atoms with Crippen LogP contribution in [0.1, 0.15) is 52.5 Å². The molecule has 0 radical (unpaired) electrons. The monoisotopic (exact) mass is 330 g/mol. The first-order chi connectivity index (χ1) is 11.3. The highest BCUT2D eigenvalue weighted by Gasteiger charge is 2.28. The average Bonchev–Trinajstić information content (AvgIpc) is 3.27. The van der Waals surface area contributed by atoms with Crippen LogP contribution in [0.5, 0.6) is 0 Å². The minimum Gasteiger partial charge on any atom is -0.472 e. The van der Waals surface area contributed by atoms with E-state index in [2.05, 4.69) is 16.8 Å². The molecule has 1 N–H and O–H groups in total. The SMILES string of the molecule is O=C(c1ccoc1)N1CCC(NC2CCCc3sccc32)CC1. The van der Waals surface area contributed by atoms with E-state index in [1.807, 2.05) is 16.2 Å². The Hall–Kier alpha value is -1.59. The molecule has 1 fully saturated rings. The van der Waals surface area contributed by atoms with Crippen molar-refractivity contribution in [1.29, 1.82) is 0 Å². The number of carbonyl (C=O) groups excluding carboxylic acids is 1. The van der Waals surface area contributed by atoms with Gasteiger partial charge in [0.15, 0.2) is 0 Å². The Morgan fingerprint density at radius 1 is 1.26 bits per heavy atom. The summed E-state index contributed by atoms with van der Waals surface area (Å²) in [6, 6.07) is 5.05. The number of hydrogen-bond acceptors (Lipinski definition) is 4. The van der Waals surface area contributed by atoms with Gasteiger partial charge in [-0.25, -0.2) is 0 Å². The van der Waals surface area contributed by atoms with Gasteiger partial charge in [0.25, 0.3) is 5.91 Å². The van der Waals surface area contributed by atoms with Gasteiger partial charge in [-0.05, 0) is 55.2 Å². The Morgan fingerprint density at radius 3 is 2.91 bits per heavy atom. The maximum Gasteiger partial charge on any atom is 0.257 e. The van der Waals surface area contributed by atoms with Crippen molar-refractivity contribution in [2.24, 2.45) is 0 Å². The predicted octanol–water partition coefficient (Wildman–Crippen LogP) is 3.61. The predicted molar refractivity (Wildman–Crippen MR) is 90.8 cm³/mol. The summed E-state index contributed by atoms with van der Waals surface area (Å²) >= 11 is 1.89. The first kappa shape index (κ1) is 15.0. The zero-order chi connectivity index (χ0) is 15.6. The van der Waals surface area contributed by atoms with Crippen LogP contribution in [0.15, 0.2) is 34.5 Å². The van der Waals surface area contributed by atoms with E-state index in [1.165, 1.54) is 31.1 Å². The number of hydrogen-bond donors (Lipinski definition) is 1. The van der Waals surface area contributed by atoms with E-state index in [0.29, 0.717) is 17.6 Å². The molecule has 122 valence electrons. The third-order valence-electron chi connectivity index (χ3n) is 5.04. The van der Waals surface area contributed by atoms with Crippen molar-refractivity contribution in [3.63, 3.8) is 0 Å². The van der Waals surface area contributed by atoms with Crippen LogP contribution < -0.4 is 5.32 Å². The van der Waals surface area contributed by atoms with Crippen LogP contribution in [-0.4, -0.2) is 29.9 Å². The summed E-state index contributed by atoms with van der Waals surface area (Å²) < 4.78 is 5.01. The molecule has 1 aliphatic carbocycles. The topological polar surface area (TPSA) is 45.5 Å². The van der Waals surface area contributed by atoms with E-state index in [-0.39, 0.29) is 5.91 Å². The summed E-state index contributed by atoms with van der Waals surface area (Å²) in [7, 11) is 0. The lowest BCUT2D eigenvalue weighted by atomic mass is 9.92. The molecule has 1 atom stereocenters. The third-order valence-corrected chi connectivity index (χ3v) is 6.04. The van der Waals surface area contributed by atoms with Crippen molar-refractivity contribution in [2.75, 3.05) is 13.1 Å². The van der Waals surface area contributed by atoms with Gasteiger partial charge in [0.05, 0.1) is 11.8 Å². The molecule has 0 bridgehead atoms. The van der Waals surface area contributed by atoms with Gasteiger partial charge in [-0.1, -0.05) is 0 Å². The second-order valence-corrected chi connectivity index (χ2v) is 7.49. The van der Waals surface area contributed by atoms with Gasteiger partial charge in [-0.3, -0.25) is 4.79 Å². The molecule has 1 aliphatic heterocycles. The molecule has 0 spiro atoms. The van der Waals surface area contributed by atoms with E-state index in [1.54, 1.807) is 17.2 Å². The Kier molecular flexibility index (Phi) is 4.23. The minimum atomic E-state index is 0.0926. The Balaban J connectivity index is 1.33. The number of rotatable bonds is 3. The number of amides is 1. The van der Waals surface area contributed by atoms with Crippen molar-refractivity contribution in [2.45, 2.75) is 44.2 Å². The molecule has 2 aliphatic rings. The molecule has 2 aromatic rings. The van der Waals surface area contributed by atoms with Gasteiger partial charge in [-0.15, -0.1) is 11.3 Å². The summed E-state index contributed by atoms with van der Waals surface area (Å²) in [4.78, 5) is 15.8. The molecule has 2 aromatic heterocycles. The van der Waals surface area contributed by atoms with Crippen molar-refractivity contribution < 1.29 is 9.21 Å². The van der Waals surface area contributed by atoms with E-state index < -0.39 is 0 Å². The molecule has 3 heterocycles. The fourth-order valence-electron chi connectivity index (χ4n) is 3.76. The molecule has 1 amide bonds. The van der Waals surface area contributed by atoms with Crippen molar-refractivity contribution in [1.82, 2.24) is 10.2 Å². The smallest absolute Gasteiger partial charge is 0.257 e. The van der Waals surface area contributed by atoms with E-state index >= 15 is 0 Å². The highest BCUT2D eigenvalue weighted by molar-refractivity contribution is 7.10. The standard InChI is InChI=1S/C18H22N2O2S/c21-18(13-6-10-22-12-13)20-8-4-14(5-9-20)19-16-2-1-3-17-15(16)7-11-23-17/h6-7,10-12,14,16,19H,1-5,8-9H2. The summed E-state index contributed by atoms with van der Waals surface area (Å²) in [5.41, 5.74) is 2.17.